The van der Waals surface area contributed by atoms with Gasteiger partial charge in [0.05, 0.1) is 5.54 Å². The zero-order chi connectivity index (χ0) is 18.7. The van der Waals surface area contributed by atoms with Crippen LogP contribution in [0, 0.1) is 5.92 Å². The van der Waals surface area contributed by atoms with Gasteiger partial charge in [-0.1, -0.05) is 56.5 Å². The second kappa shape index (κ2) is 7.97. The minimum absolute atomic E-state index is 0.0671. The third kappa shape index (κ3) is 4.38. The molecule has 2 aliphatic rings. The summed E-state index contributed by atoms with van der Waals surface area (Å²) in [5.74, 6) is -0.309. The number of nitrogens with zero attached hydrogens (tertiary/aromatic N) is 1. The molecule has 1 aromatic rings. The first kappa shape index (κ1) is 19.2. The number of carbonyl (C=O) groups is 2. The lowest BCUT2D eigenvalue weighted by Gasteiger charge is -2.33. The summed E-state index contributed by atoms with van der Waals surface area (Å²) in [6, 6.07) is 7.27. The second-order valence-electron chi connectivity index (χ2n) is 7.95. The summed E-state index contributed by atoms with van der Waals surface area (Å²) in [5, 5.41) is 6.91. The predicted molar refractivity (Wildman–Crippen MR) is 103 cm³/mol. The van der Waals surface area contributed by atoms with Crippen LogP contribution in [-0.4, -0.2) is 41.4 Å². The fourth-order valence-corrected chi connectivity index (χ4v) is 4.19. The number of hydrogen-bond acceptors (Lipinski definition) is 3. The first-order valence-electron chi connectivity index (χ1n) is 9.47. The molecule has 1 aliphatic carbocycles. The molecular formula is C20H28ClN3O2. The highest BCUT2D eigenvalue weighted by Gasteiger charge is 2.42. The van der Waals surface area contributed by atoms with Crippen LogP contribution < -0.4 is 10.6 Å². The molecule has 3 rings (SSSR count). The van der Waals surface area contributed by atoms with Gasteiger partial charge in [0.25, 0.3) is 0 Å². The molecule has 1 heterocycles. The highest BCUT2D eigenvalue weighted by Crippen LogP contribution is 2.32. The van der Waals surface area contributed by atoms with Gasteiger partial charge in [-0.3, -0.25) is 14.5 Å². The maximum Gasteiger partial charge on any atom is 0.244 e. The Hall–Kier alpha value is -1.59. The monoisotopic (exact) mass is 377 g/mol. The van der Waals surface area contributed by atoms with Crippen LogP contribution in [0.2, 0.25) is 5.02 Å². The van der Waals surface area contributed by atoms with E-state index < -0.39 is 6.04 Å². The SMILES string of the molecule is CC(C)C(=O)NC1CN(Cc2ccccc2Cl)CC2(CCCC2)NC1=O. The fraction of sp³-hybridized carbons (Fsp3) is 0.600. The highest BCUT2D eigenvalue weighted by atomic mass is 35.5. The van der Waals surface area contributed by atoms with Gasteiger partial charge in [-0.15, -0.1) is 0 Å². The van der Waals surface area contributed by atoms with Crippen LogP contribution in [0.4, 0.5) is 0 Å². The summed E-state index contributed by atoms with van der Waals surface area (Å²) in [7, 11) is 0. The Balaban J connectivity index is 1.82. The first-order chi connectivity index (χ1) is 12.4. The maximum absolute atomic E-state index is 12.8. The minimum Gasteiger partial charge on any atom is -0.348 e. The highest BCUT2D eigenvalue weighted by molar-refractivity contribution is 6.31. The van der Waals surface area contributed by atoms with Crippen molar-refractivity contribution in [3.05, 3.63) is 34.9 Å². The number of carbonyl (C=O) groups excluding carboxylic acids is 2. The molecule has 2 fully saturated rings. The van der Waals surface area contributed by atoms with Crippen molar-refractivity contribution in [1.82, 2.24) is 15.5 Å². The van der Waals surface area contributed by atoms with Crippen molar-refractivity contribution >= 4 is 23.4 Å². The molecule has 2 amide bonds. The molecule has 0 bridgehead atoms. The van der Waals surface area contributed by atoms with E-state index in [4.69, 9.17) is 11.6 Å². The topological polar surface area (TPSA) is 61.4 Å². The third-order valence-corrected chi connectivity index (χ3v) is 5.79. The summed E-state index contributed by atoms with van der Waals surface area (Å²) < 4.78 is 0. The number of hydrogen-bond donors (Lipinski definition) is 2. The number of amides is 2. The van der Waals surface area contributed by atoms with E-state index in [9.17, 15) is 9.59 Å². The molecule has 26 heavy (non-hydrogen) atoms. The van der Waals surface area contributed by atoms with E-state index in [1.807, 2.05) is 38.1 Å². The van der Waals surface area contributed by atoms with Crippen molar-refractivity contribution in [2.24, 2.45) is 5.92 Å². The van der Waals surface area contributed by atoms with Gasteiger partial charge in [0.1, 0.15) is 6.04 Å². The second-order valence-corrected chi connectivity index (χ2v) is 8.36. The largest absolute Gasteiger partial charge is 0.348 e. The van der Waals surface area contributed by atoms with Gasteiger partial charge in [-0.25, -0.2) is 0 Å². The van der Waals surface area contributed by atoms with E-state index in [-0.39, 0.29) is 23.3 Å². The minimum atomic E-state index is -0.535. The van der Waals surface area contributed by atoms with Crippen molar-refractivity contribution in [2.75, 3.05) is 13.1 Å². The van der Waals surface area contributed by atoms with E-state index in [1.54, 1.807) is 0 Å². The summed E-state index contributed by atoms with van der Waals surface area (Å²) in [6.07, 6.45) is 4.23. The summed E-state index contributed by atoms with van der Waals surface area (Å²) in [4.78, 5) is 27.2. The molecule has 1 aliphatic heterocycles. The molecule has 2 N–H and O–H groups in total. The smallest absolute Gasteiger partial charge is 0.244 e. The van der Waals surface area contributed by atoms with Crippen molar-refractivity contribution in [1.29, 1.82) is 0 Å². The first-order valence-corrected chi connectivity index (χ1v) is 9.84. The Labute approximate surface area is 160 Å². The van der Waals surface area contributed by atoms with Crippen LogP contribution in [0.1, 0.15) is 45.1 Å². The average Bonchev–Trinajstić information content (AvgIpc) is 2.98. The molecule has 142 valence electrons. The summed E-state index contributed by atoms with van der Waals surface area (Å²) >= 11 is 6.35. The Bertz CT molecular complexity index is 671. The van der Waals surface area contributed by atoms with Gasteiger partial charge in [0.15, 0.2) is 0 Å². The lowest BCUT2D eigenvalue weighted by Crippen LogP contribution is -2.54. The molecule has 1 aromatic carbocycles. The van der Waals surface area contributed by atoms with E-state index in [2.05, 4.69) is 15.5 Å². The molecule has 1 saturated carbocycles. The normalized spacial score (nSPS) is 23.1. The maximum atomic E-state index is 12.8. The van der Waals surface area contributed by atoms with E-state index >= 15 is 0 Å². The van der Waals surface area contributed by atoms with E-state index in [0.29, 0.717) is 13.1 Å². The van der Waals surface area contributed by atoms with Crippen LogP contribution in [0.5, 0.6) is 0 Å². The zero-order valence-corrected chi connectivity index (χ0v) is 16.3. The van der Waals surface area contributed by atoms with Gasteiger partial charge < -0.3 is 10.6 Å². The Morgan fingerprint density at radius 1 is 1.35 bits per heavy atom. The van der Waals surface area contributed by atoms with Crippen molar-refractivity contribution in [3.8, 4) is 0 Å². The lowest BCUT2D eigenvalue weighted by molar-refractivity contribution is -0.131. The third-order valence-electron chi connectivity index (χ3n) is 5.43. The van der Waals surface area contributed by atoms with Crippen LogP contribution >= 0.6 is 11.6 Å². The number of benzene rings is 1. The molecule has 5 nitrogen and oxygen atoms in total. The van der Waals surface area contributed by atoms with Gasteiger partial charge in [0, 0.05) is 30.6 Å². The number of halogens is 1. The van der Waals surface area contributed by atoms with Gasteiger partial charge in [-0.2, -0.15) is 0 Å². The molecule has 6 heteroatoms. The van der Waals surface area contributed by atoms with Gasteiger partial charge >= 0.3 is 0 Å². The molecule has 1 saturated heterocycles. The quantitative estimate of drug-likeness (QED) is 0.848. The van der Waals surface area contributed by atoms with Crippen LogP contribution in [0.3, 0.4) is 0 Å². The number of rotatable bonds is 4. The van der Waals surface area contributed by atoms with Crippen LogP contribution in [-0.2, 0) is 16.1 Å². The van der Waals surface area contributed by atoms with Crippen molar-refractivity contribution in [3.63, 3.8) is 0 Å². The average molecular weight is 378 g/mol. The fourth-order valence-electron chi connectivity index (χ4n) is 3.99. The Morgan fingerprint density at radius 3 is 2.69 bits per heavy atom. The lowest BCUT2D eigenvalue weighted by atomic mass is 9.97. The zero-order valence-electron chi connectivity index (χ0n) is 15.6. The molecule has 1 atom stereocenters. The van der Waals surface area contributed by atoms with Gasteiger partial charge in [-0.05, 0) is 24.5 Å². The van der Waals surface area contributed by atoms with E-state index in [0.717, 1.165) is 42.8 Å². The predicted octanol–water partition coefficient (Wildman–Crippen LogP) is 2.73. The Kier molecular flexibility index (Phi) is 5.88. The summed E-state index contributed by atoms with van der Waals surface area (Å²) in [5.41, 5.74) is 0.862. The molecule has 1 unspecified atom stereocenters. The molecule has 0 aromatic heterocycles. The van der Waals surface area contributed by atoms with E-state index in [1.165, 1.54) is 0 Å². The summed E-state index contributed by atoms with van der Waals surface area (Å²) in [6.45, 7) is 5.63. The number of nitrogens with one attached hydrogen (secondary N) is 2. The molecular weight excluding hydrogens is 350 g/mol. The molecule has 0 radical (unpaired) electrons. The van der Waals surface area contributed by atoms with Crippen molar-refractivity contribution in [2.45, 2.75) is 57.7 Å². The van der Waals surface area contributed by atoms with Gasteiger partial charge in [0.2, 0.25) is 11.8 Å². The van der Waals surface area contributed by atoms with Crippen molar-refractivity contribution < 1.29 is 9.59 Å². The Morgan fingerprint density at radius 2 is 2.04 bits per heavy atom. The molecule has 1 spiro atoms. The standard InChI is InChI=1S/C20H28ClN3O2/c1-14(2)18(25)22-17-12-24(11-15-7-3-4-8-16(15)21)13-20(23-19(17)26)9-5-6-10-20/h3-4,7-8,14,17H,5-6,9-13H2,1-2H3,(H,22,25)(H,23,26). The van der Waals surface area contributed by atoms with Crippen LogP contribution in [0.15, 0.2) is 24.3 Å². The van der Waals surface area contributed by atoms with Crippen LogP contribution in [0.25, 0.3) is 0 Å².